The van der Waals surface area contributed by atoms with E-state index in [0.717, 1.165) is 16.1 Å². The van der Waals surface area contributed by atoms with Crippen LogP contribution in [0.5, 0.6) is 0 Å². The van der Waals surface area contributed by atoms with Crippen molar-refractivity contribution in [1.82, 2.24) is 25.2 Å². The summed E-state index contributed by atoms with van der Waals surface area (Å²) in [5.74, 6) is -2.76. The second kappa shape index (κ2) is 9.95. The molecule has 0 saturated carbocycles. The molecule has 4 aromatic rings. The van der Waals surface area contributed by atoms with Gasteiger partial charge in [-0.3, -0.25) is 9.59 Å². The molecular formula is C21H14BrClF3N7O2S. The van der Waals surface area contributed by atoms with E-state index in [1.54, 1.807) is 37.3 Å². The van der Waals surface area contributed by atoms with Gasteiger partial charge in [0.15, 0.2) is 0 Å². The van der Waals surface area contributed by atoms with Crippen molar-refractivity contribution in [3.63, 3.8) is 0 Å². The molecule has 2 amide bonds. The number of tetrazole rings is 1. The van der Waals surface area contributed by atoms with Gasteiger partial charge in [0.2, 0.25) is 0 Å². The van der Waals surface area contributed by atoms with Crippen molar-refractivity contribution in [2.24, 2.45) is 5.73 Å². The number of rotatable bonds is 6. The smallest absolute Gasteiger partial charge is 0.366 e. The van der Waals surface area contributed by atoms with Crippen LogP contribution in [-0.4, -0.2) is 37.0 Å². The van der Waals surface area contributed by atoms with Crippen LogP contribution in [0.3, 0.4) is 0 Å². The average molecular weight is 601 g/mol. The van der Waals surface area contributed by atoms with Gasteiger partial charge in [0, 0.05) is 10.0 Å². The molecule has 0 unspecified atom stereocenters. The Kier molecular flexibility index (Phi) is 7.11. The molecule has 2 heterocycles. The van der Waals surface area contributed by atoms with E-state index in [-0.39, 0.29) is 33.4 Å². The molecule has 9 nitrogen and oxygen atoms in total. The second-order valence-electron chi connectivity index (χ2n) is 7.37. The zero-order valence-electron chi connectivity index (χ0n) is 18.1. The van der Waals surface area contributed by atoms with Crippen molar-refractivity contribution in [2.45, 2.75) is 19.6 Å². The molecule has 0 fully saturated rings. The molecule has 0 spiro atoms. The quantitative estimate of drug-likeness (QED) is 0.323. The number of amides is 2. The minimum atomic E-state index is -4.75. The first-order valence-corrected chi connectivity index (χ1v) is 11.9. The van der Waals surface area contributed by atoms with E-state index < -0.39 is 23.8 Å². The summed E-state index contributed by atoms with van der Waals surface area (Å²) in [7, 11) is 0. The van der Waals surface area contributed by atoms with E-state index in [1.807, 2.05) is 0 Å². The third kappa shape index (κ3) is 5.39. The Morgan fingerprint density at radius 1 is 1.25 bits per heavy atom. The van der Waals surface area contributed by atoms with Crippen molar-refractivity contribution in [3.05, 3.63) is 72.7 Å². The highest BCUT2D eigenvalue weighted by atomic mass is 79.9. The molecule has 3 N–H and O–H groups in total. The van der Waals surface area contributed by atoms with Gasteiger partial charge in [-0.25, -0.2) is 4.98 Å². The number of halogens is 5. The maximum Gasteiger partial charge on any atom is 0.455 e. The van der Waals surface area contributed by atoms with Gasteiger partial charge >= 0.3 is 6.18 Å². The van der Waals surface area contributed by atoms with Crippen LogP contribution in [0.25, 0.3) is 11.3 Å². The fraction of sp³-hybridized carbons (Fsp3) is 0.143. The van der Waals surface area contributed by atoms with E-state index in [1.165, 1.54) is 6.07 Å². The number of nitrogens with one attached hydrogen (secondary N) is 1. The van der Waals surface area contributed by atoms with Crippen molar-refractivity contribution >= 4 is 56.4 Å². The number of nitrogens with zero attached hydrogens (tertiary/aromatic N) is 5. The lowest BCUT2D eigenvalue weighted by Gasteiger charge is -2.13. The number of thiazole rings is 1. The van der Waals surface area contributed by atoms with Gasteiger partial charge in [-0.05, 0) is 35.9 Å². The van der Waals surface area contributed by atoms with Crippen LogP contribution in [0.2, 0.25) is 5.02 Å². The Hall–Kier alpha value is -3.36. The predicted octanol–water partition coefficient (Wildman–Crippen LogP) is 4.94. The van der Waals surface area contributed by atoms with Crippen molar-refractivity contribution in [3.8, 4) is 11.3 Å². The van der Waals surface area contributed by atoms with Crippen molar-refractivity contribution in [1.29, 1.82) is 0 Å². The highest BCUT2D eigenvalue weighted by molar-refractivity contribution is 9.10. The fourth-order valence-electron chi connectivity index (χ4n) is 3.24. The van der Waals surface area contributed by atoms with Crippen LogP contribution < -0.4 is 11.1 Å². The van der Waals surface area contributed by atoms with Crippen LogP contribution >= 0.6 is 38.9 Å². The van der Waals surface area contributed by atoms with Crippen LogP contribution in [0.4, 0.5) is 18.9 Å². The number of nitrogens with two attached hydrogens (primary N) is 1. The number of anilines is 1. The zero-order chi connectivity index (χ0) is 26.2. The number of aromatic nitrogens is 5. The Morgan fingerprint density at radius 3 is 2.61 bits per heavy atom. The van der Waals surface area contributed by atoms with Gasteiger partial charge < -0.3 is 11.1 Å². The number of carbonyl (C=O) groups excluding carboxylic acids is 2. The SMILES string of the molecule is Cc1cc(Br)cc(C(N)=O)c1NC(=O)c1sc(Cn2nnc(C(F)(F)F)n2)nc1-c1ccccc1Cl. The van der Waals surface area contributed by atoms with Crippen molar-refractivity contribution < 1.29 is 22.8 Å². The average Bonchev–Trinajstić information content (AvgIpc) is 3.43. The summed E-state index contributed by atoms with van der Waals surface area (Å²) < 4.78 is 39.1. The summed E-state index contributed by atoms with van der Waals surface area (Å²) in [6.45, 7) is 1.41. The van der Waals surface area contributed by atoms with Gasteiger partial charge in [-0.15, -0.1) is 21.5 Å². The number of aryl methyl sites for hydroxylation is 1. The zero-order valence-corrected chi connectivity index (χ0v) is 21.3. The van der Waals surface area contributed by atoms with Crippen LogP contribution in [0.1, 0.15) is 36.4 Å². The van der Waals surface area contributed by atoms with Gasteiger partial charge in [0.25, 0.3) is 17.6 Å². The molecule has 36 heavy (non-hydrogen) atoms. The van der Waals surface area contributed by atoms with Gasteiger partial charge in [-0.1, -0.05) is 45.7 Å². The fourth-order valence-corrected chi connectivity index (χ4v) is 4.99. The molecular weight excluding hydrogens is 587 g/mol. The lowest BCUT2D eigenvalue weighted by molar-refractivity contribution is -0.145. The summed E-state index contributed by atoms with van der Waals surface area (Å²) in [6, 6.07) is 9.82. The molecule has 0 aliphatic heterocycles. The Morgan fingerprint density at radius 2 is 1.97 bits per heavy atom. The minimum absolute atomic E-state index is 0.0887. The van der Waals surface area contributed by atoms with E-state index >= 15 is 0 Å². The molecule has 4 rings (SSSR count). The summed E-state index contributed by atoms with van der Waals surface area (Å²) >= 11 is 10.5. The van der Waals surface area contributed by atoms with Crippen LogP contribution in [0.15, 0.2) is 40.9 Å². The Labute approximate surface area is 218 Å². The van der Waals surface area contributed by atoms with Crippen LogP contribution in [-0.2, 0) is 12.7 Å². The molecule has 186 valence electrons. The summed E-state index contributed by atoms with van der Waals surface area (Å²) in [6.07, 6.45) is -4.75. The number of benzene rings is 2. The predicted molar refractivity (Wildman–Crippen MR) is 130 cm³/mol. The molecule has 0 saturated heterocycles. The van der Waals surface area contributed by atoms with Crippen LogP contribution in [0, 0.1) is 6.92 Å². The second-order valence-corrected chi connectivity index (χ2v) is 9.78. The van der Waals surface area contributed by atoms with E-state index in [0.29, 0.717) is 20.6 Å². The molecule has 2 aromatic heterocycles. The third-order valence-corrected chi connectivity index (χ3v) is 6.62. The standard InChI is InChI=1S/C21H14BrClF3N7O2S/c1-9-6-10(22)7-12(18(27)34)15(9)29-19(35)17-16(11-4-2-3-5-13(11)23)28-14(36-17)8-33-31-20(30-32-33)21(24,25)26/h2-7H,8H2,1H3,(H2,27,34)(H,29,35). The molecule has 0 aliphatic carbocycles. The van der Waals surface area contributed by atoms with E-state index in [2.05, 4.69) is 41.6 Å². The van der Waals surface area contributed by atoms with Gasteiger partial charge in [0.1, 0.15) is 16.4 Å². The first kappa shape index (κ1) is 25.7. The summed E-state index contributed by atoms with van der Waals surface area (Å²) in [5.41, 5.74) is 6.99. The first-order valence-electron chi connectivity index (χ1n) is 9.95. The van der Waals surface area contributed by atoms with E-state index in [9.17, 15) is 22.8 Å². The third-order valence-electron chi connectivity index (χ3n) is 4.79. The minimum Gasteiger partial charge on any atom is -0.366 e. The number of carbonyl (C=O) groups is 2. The molecule has 0 radical (unpaired) electrons. The maximum absolute atomic E-state index is 13.4. The number of alkyl halides is 3. The Balaban J connectivity index is 1.75. The molecule has 2 aromatic carbocycles. The maximum atomic E-state index is 13.4. The van der Waals surface area contributed by atoms with E-state index in [4.69, 9.17) is 17.3 Å². The molecule has 0 bridgehead atoms. The lowest BCUT2D eigenvalue weighted by atomic mass is 10.1. The van der Waals surface area contributed by atoms with Gasteiger partial charge in [-0.2, -0.15) is 18.0 Å². The molecule has 0 aliphatic rings. The first-order chi connectivity index (χ1) is 16.9. The van der Waals surface area contributed by atoms with Gasteiger partial charge in [0.05, 0.1) is 22.0 Å². The number of hydrogen-bond donors (Lipinski definition) is 2. The lowest BCUT2D eigenvalue weighted by Crippen LogP contribution is -2.19. The Bertz CT molecular complexity index is 1490. The topological polar surface area (TPSA) is 129 Å². The summed E-state index contributed by atoms with van der Waals surface area (Å²) in [4.78, 5) is 30.6. The molecule has 15 heteroatoms. The highest BCUT2D eigenvalue weighted by Crippen LogP contribution is 2.35. The highest BCUT2D eigenvalue weighted by Gasteiger charge is 2.37. The normalized spacial score (nSPS) is 11.5. The largest absolute Gasteiger partial charge is 0.455 e. The number of hydrogen-bond acceptors (Lipinski definition) is 7. The van der Waals surface area contributed by atoms with Crippen molar-refractivity contribution in [2.75, 3.05) is 5.32 Å². The summed E-state index contributed by atoms with van der Waals surface area (Å²) in [5, 5.41) is 13.0. The monoisotopic (exact) mass is 599 g/mol. The number of primary amides is 1. The molecule has 0 atom stereocenters.